The maximum Gasteiger partial charge on any atom is 0.328 e. The van der Waals surface area contributed by atoms with Crippen molar-refractivity contribution in [2.45, 2.75) is 32.6 Å². The molecule has 0 aromatic heterocycles. The van der Waals surface area contributed by atoms with Crippen molar-refractivity contribution >= 4 is 29.4 Å². The molecule has 0 aliphatic rings. The van der Waals surface area contributed by atoms with E-state index in [9.17, 15) is 14.4 Å². The minimum atomic E-state index is -1.00. The van der Waals surface area contributed by atoms with Crippen LogP contribution in [0.15, 0.2) is 30.3 Å². The highest BCUT2D eigenvalue weighted by molar-refractivity contribution is 5.91. The van der Waals surface area contributed by atoms with Gasteiger partial charge in [0, 0.05) is 24.6 Å². The van der Waals surface area contributed by atoms with E-state index in [4.69, 9.17) is 5.11 Å². The number of carbonyl (C=O) groups excluding carboxylic acids is 2. The SMILES string of the molecule is CC(=O)CCCCC(=O)Nc1ccc(C=CC(=O)O)cc1. The lowest BCUT2D eigenvalue weighted by atomic mass is 10.1. The second kappa shape index (κ2) is 8.68. The van der Waals surface area contributed by atoms with Crippen molar-refractivity contribution in [3.05, 3.63) is 35.9 Å². The summed E-state index contributed by atoms with van der Waals surface area (Å²) in [6.07, 6.45) is 4.84. The molecule has 0 aliphatic heterocycles. The third-order valence-electron chi connectivity index (χ3n) is 2.80. The van der Waals surface area contributed by atoms with Gasteiger partial charge in [-0.2, -0.15) is 0 Å². The number of rotatable bonds is 8. The molecule has 112 valence electrons. The summed E-state index contributed by atoms with van der Waals surface area (Å²) >= 11 is 0. The molecule has 0 bridgehead atoms. The first kappa shape index (κ1) is 16.6. The summed E-state index contributed by atoms with van der Waals surface area (Å²) in [6.45, 7) is 1.54. The highest BCUT2D eigenvalue weighted by atomic mass is 16.4. The van der Waals surface area contributed by atoms with Gasteiger partial charge in [-0.25, -0.2) is 4.79 Å². The Bertz CT molecular complexity index is 532. The number of carboxylic acids is 1. The molecule has 0 aliphatic carbocycles. The Morgan fingerprint density at radius 2 is 1.71 bits per heavy atom. The molecular weight excluding hydrogens is 270 g/mol. The first-order chi connectivity index (χ1) is 9.97. The minimum absolute atomic E-state index is 0.0904. The fourth-order valence-corrected chi connectivity index (χ4v) is 1.73. The van der Waals surface area contributed by atoms with Crippen LogP contribution in [0.25, 0.3) is 6.08 Å². The number of unbranched alkanes of at least 4 members (excludes halogenated alkanes) is 1. The molecule has 0 saturated carbocycles. The molecule has 1 aromatic carbocycles. The number of carboxylic acid groups (broad SMARTS) is 1. The highest BCUT2D eigenvalue weighted by Crippen LogP contribution is 2.12. The van der Waals surface area contributed by atoms with Crippen LogP contribution < -0.4 is 5.32 Å². The number of Topliss-reactive ketones (excluding diaryl/α,β-unsaturated/α-hetero) is 1. The van der Waals surface area contributed by atoms with E-state index in [1.165, 1.54) is 6.08 Å². The van der Waals surface area contributed by atoms with E-state index in [0.717, 1.165) is 18.1 Å². The maximum absolute atomic E-state index is 11.7. The summed E-state index contributed by atoms with van der Waals surface area (Å²) in [5, 5.41) is 11.3. The monoisotopic (exact) mass is 289 g/mol. The normalized spacial score (nSPS) is 10.5. The predicted molar refractivity (Wildman–Crippen MR) is 80.9 cm³/mol. The Kier molecular flexibility index (Phi) is 6.87. The van der Waals surface area contributed by atoms with Crippen molar-refractivity contribution in [3.63, 3.8) is 0 Å². The van der Waals surface area contributed by atoms with Gasteiger partial charge in [-0.1, -0.05) is 12.1 Å². The summed E-state index contributed by atoms with van der Waals surface area (Å²) in [6, 6.07) is 6.89. The van der Waals surface area contributed by atoms with Crippen molar-refractivity contribution in [2.24, 2.45) is 0 Å². The Morgan fingerprint density at radius 1 is 1.10 bits per heavy atom. The molecule has 0 fully saturated rings. The number of nitrogens with one attached hydrogen (secondary N) is 1. The van der Waals surface area contributed by atoms with Crippen molar-refractivity contribution in [1.82, 2.24) is 0 Å². The summed E-state index contributed by atoms with van der Waals surface area (Å²) in [4.78, 5) is 32.8. The minimum Gasteiger partial charge on any atom is -0.478 e. The van der Waals surface area contributed by atoms with Gasteiger partial charge in [0.15, 0.2) is 0 Å². The first-order valence-electron chi connectivity index (χ1n) is 6.78. The molecule has 0 saturated heterocycles. The van der Waals surface area contributed by atoms with Crippen molar-refractivity contribution in [3.8, 4) is 0 Å². The predicted octanol–water partition coefficient (Wildman–Crippen LogP) is 2.87. The van der Waals surface area contributed by atoms with Crippen LogP contribution in [0.3, 0.4) is 0 Å². The van der Waals surface area contributed by atoms with E-state index in [0.29, 0.717) is 24.9 Å². The van der Waals surface area contributed by atoms with Gasteiger partial charge in [-0.15, -0.1) is 0 Å². The van der Waals surface area contributed by atoms with Gasteiger partial charge in [0.25, 0.3) is 0 Å². The van der Waals surface area contributed by atoms with E-state index < -0.39 is 5.97 Å². The van der Waals surface area contributed by atoms with Crippen molar-refractivity contribution in [1.29, 1.82) is 0 Å². The van der Waals surface area contributed by atoms with Gasteiger partial charge in [0.1, 0.15) is 5.78 Å². The van der Waals surface area contributed by atoms with Crippen LogP contribution in [0, 0.1) is 0 Å². The summed E-state index contributed by atoms with van der Waals surface area (Å²) in [5.41, 5.74) is 1.41. The molecule has 0 spiro atoms. The Morgan fingerprint density at radius 3 is 2.29 bits per heavy atom. The lowest BCUT2D eigenvalue weighted by molar-refractivity contribution is -0.131. The smallest absolute Gasteiger partial charge is 0.328 e. The average molecular weight is 289 g/mol. The molecule has 0 unspecified atom stereocenters. The standard InChI is InChI=1S/C16H19NO4/c1-12(18)4-2-3-5-15(19)17-14-9-6-13(7-10-14)8-11-16(20)21/h6-11H,2-5H2,1H3,(H,17,19)(H,20,21). The van der Waals surface area contributed by atoms with Crippen LogP contribution in [-0.4, -0.2) is 22.8 Å². The van der Waals surface area contributed by atoms with Crippen LogP contribution in [0.2, 0.25) is 0 Å². The van der Waals surface area contributed by atoms with Gasteiger partial charge in [-0.05, 0) is 43.5 Å². The third-order valence-corrected chi connectivity index (χ3v) is 2.80. The zero-order valence-corrected chi connectivity index (χ0v) is 12.0. The molecule has 1 aromatic rings. The molecule has 0 heterocycles. The fourth-order valence-electron chi connectivity index (χ4n) is 1.73. The average Bonchev–Trinajstić information content (AvgIpc) is 2.42. The van der Waals surface area contributed by atoms with E-state index in [-0.39, 0.29) is 11.7 Å². The number of ketones is 1. The van der Waals surface area contributed by atoms with Crippen molar-refractivity contribution in [2.75, 3.05) is 5.32 Å². The van der Waals surface area contributed by atoms with Gasteiger partial charge < -0.3 is 15.2 Å². The molecule has 21 heavy (non-hydrogen) atoms. The number of carbonyl (C=O) groups is 3. The van der Waals surface area contributed by atoms with Gasteiger partial charge in [0.2, 0.25) is 5.91 Å². The topological polar surface area (TPSA) is 83.5 Å². The van der Waals surface area contributed by atoms with Crippen LogP contribution >= 0.6 is 0 Å². The molecule has 5 nitrogen and oxygen atoms in total. The maximum atomic E-state index is 11.7. The number of aliphatic carboxylic acids is 1. The van der Waals surface area contributed by atoms with E-state index in [2.05, 4.69) is 5.32 Å². The molecule has 0 atom stereocenters. The molecule has 2 N–H and O–H groups in total. The van der Waals surface area contributed by atoms with Gasteiger partial charge in [-0.3, -0.25) is 4.79 Å². The Labute approximate surface area is 123 Å². The van der Waals surface area contributed by atoms with Gasteiger partial charge >= 0.3 is 5.97 Å². The number of hydrogen-bond donors (Lipinski definition) is 2. The molecule has 5 heteroatoms. The van der Waals surface area contributed by atoms with Crippen LogP contribution in [0.5, 0.6) is 0 Å². The molecule has 1 rings (SSSR count). The molecule has 0 radical (unpaired) electrons. The second-order valence-corrected chi connectivity index (χ2v) is 4.75. The summed E-state index contributed by atoms with van der Waals surface area (Å²) in [7, 11) is 0. The summed E-state index contributed by atoms with van der Waals surface area (Å²) in [5.74, 6) is -0.953. The third kappa shape index (κ3) is 7.67. The molecular formula is C16H19NO4. The lowest BCUT2D eigenvalue weighted by Crippen LogP contribution is -2.11. The number of amides is 1. The van der Waals surface area contributed by atoms with Crippen LogP contribution in [0.4, 0.5) is 5.69 Å². The van der Waals surface area contributed by atoms with E-state index in [1.807, 2.05) is 0 Å². The highest BCUT2D eigenvalue weighted by Gasteiger charge is 2.03. The summed E-state index contributed by atoms with van der Waals surface area (Å²) < 4.78 is 0. The lowest BCUT2D eigenvalue weighted by Gasteiger charge is -2.05. The number of hydrogen-bond acceptors (Lipinski definition) is 3. The first-order valence-corrected chi connectivity index (χ1v) is 6.78. The molecule has 1 amide bonds. The Hall–Kier alpha value is -2.43. The zero-order chi connectivity index (χ0) is 15.7. The van der Waals surface area contributed by atoms with Crippen molar-refractivity contribution < 1.29 is 19.5 Å². The largest absolute Gasteiger partial charge is 0.478 e. The zero-order valence-electron chi connectivity index (χ0n) is 12.0. The fraction of sp³-hybridized carbons (Fsp3) is 0.312. The number of benzene rings is 1. The van der Waals surface area contributed by atoms with E-state index >= 15 is 0 Å². The Balaban J connectivity index is 2.39. The van der Waals surface area contributed by atoms with E-state index in [1.54, 1.807) is 31.2 Å². The van der Waals surface area contributed by atoms with Crippen LogP contribution in [-0.2, 0) is 14.4 Å². The number of anilines is 1. The quantitative estimate of drug-likeness (QED) is 0.569. The second-order valence-electron chi connectivity index (χ2n) is 4.75. The van der Waals surface area contributed by atoms with Gasteiger partial charge in [0.05, 0.1) is 0 Å². The van der Waals surface area contributed by atoms with Crippen LogP contribution in [0.1, 0.15) is 38.2 Å².